The van der Waals surface area contributed by atoms with E-state index in [0.717, 1.165) is 16.8 Å². The van der Waals surface area contributed by atoms with Crippen LogP contribution in [0.2, 0.25) is 5.02 Å². The van der Waals surface area contributed by atoms with Crippen molar-refractivity contribution in [2.75, 3.05) is 5.75 Å². The Morgan fingerprint density at radius 1 is 1.47 bits per heavy atom. The van der Waals surface area contributed by atoms with Gasteiger partial charge in [-0.25, -0.2) is 0 Å². The van der Waals surface area contributed by atoms with Crippen LogP contribution in [0.15, 0.2) is 24.3 Å². The lowest BCUT2D eigenvalue weighted by atomic mass is 10.1. The number of rotatable bonds is 3. The van der Waals surface area contributed by atoms with E-state index < -0.39 is 0 Å². The summed E-state index contributed by atoms with van der Waals surface area (Å²) in [5, 5.41) is 5.18. The van der Waals surface area contributed by atoms with E-state index in [0.29, 0.717) is 6.04 Å². The monoisotopic (exact) mass is 241 g/mol. The second-order valence-corrected chi connectivity index (χ2v) is 5.84. The van der Waals surface area contributed by atoms with Crippen molar-refractivity contribution < 1.29 is 0 Å². The molecular weight excluding hydrogens is 226 g/mol. The van der Waals surface area contributed by atoms with Crippen LogP contribution in [0.4, 0.5) is 0 Å². The van der Waals surface area contributed by atoms with Crippen molar-refractivity contribution in [3.63, 3.8) is 0 Å². The summed E-state index contributed by atoms with van der Waals surface area (Å²) in [6.45, 7) is 3.18. The first-order valence-electron chi connectivity index (χ1n) is 5.36. The molecule has 0 spiro atoms. The Morgan fingerprint density at radius 3 is 2.93 bits per heavy atom. The molecule has 1 fully saturated rings. The standard InChI is InChI=1S/C12H16ClNS/c1-9-12(6-7-15-9)14-8-10-4-2-3-5-11(10)13/h2-5,9,12,14H,6-8H2,1H3. The normalized spacial score (nSPS) is 25.7. The van der Waals surface area contributed by atoms with E-state index in [9.17, 15) is 0 Å². The Labute approximate surface area is 101 Å². The van der Waals surface area contributed by atoms with Crippen LogP contribution in [0, 0.1) is 0 Å². The van der Waals surface area contributed by atoms with Gasteiger partial charge < -0.3 is 5.32 Å². The van der Waals surface area contributed by atoms with Crippen LogP contribution < -0.4 is 5.32 Å². The molecule has 1 aromatic carbocycles. The van der Waals surface area contributed by atoms with E-state index in [-0.39, 0.29) is 0 Å². The molecule has 0 bridgehead atoms. The maximum absolute atomic E-state index is 6.10. The summed E-state index contributed by atoms with van der Waals surface area (Å²) in [5.41, 5.74) is 1.20. The van der Waals surface area contributed by atoms with Crippen LogP contribution in [-0.4, -0.2) is 17.0 Å². The average Bonchev–Trinajstić information content (AvgIpc) is 2.63. The third-order valence-corrected chi connectivity index (χ3v) is 4.58. The molecule has 1 N–H and O–H groups in total. The van der Waals surface area contributed by atoms with Gasteiger partial charge in [0.15, 0.2) is 0 Å². The highest BCUT2D eigenvalue weighted by atomic mass is 35.5. The third kappa shape index (κ3) is 2.90. The minimum absolute atomic E-state index is 0.645. The van der Waals surface area contributed by atoms with Crippen molar-refractivity contribution in [3.8, 4) is 0 Å². The molecule has 3 heteroatoms. The summed E-state index contributed by atoms with van der Waals surface area (Å²) in [5.74, 6) is 1.28. The SMILES string of the molecule is CC1SCCC1NCc1ccccc1Cl. The molecule has 0 amide bonds. The van der Waals surface area contributed by atoms with E-state index in [4.69, 9.17) is 11.6 Å². The maximum Gasteiger partial charge on any atom is 0.0450 e. The highest BCUT2D eigenvalue weighted by molar-refractivity contribution is 8.00. The number of benzene rings is 1. The zero-order chi connectivity index (χ0) is 10.7. The predicted octanol–water partition coefficient (Wildman–Crippen LogP) is 3.32. The molecular formula is C12H16ClNS. The fourth-order valence-electron chi connectivity index (χ4n) is 1.88. The van der Waals surface area contributed by atoms with Gasteiger partial charge in [0.25, 0.3) is 0 Å². The minimum Gasteiger partial charge on any atom is -0.309 e. The van der Waals surface area contributed by atoms with E-state index in [1.54, 1.807) is 0 Å². The first-order chi connectivity index (χ1) is 7.27. The van der Waals surface area contributed by atoms with E-state index >= 15 is 0 Å². The number of thioether (sulfide) groups is 1. The molecule has 2 atom stereocenters. The molecule has 1 saturated heterocycles. The number of halogens is 1. The molecule has 0 saturated carbocycles. The summed E-state index contributed by atoms with van der Waals surface area (Å²) < 4.78 is 0. The van der Waals surface area contributed by atoms with Crippen LogP contribution in [0.1, 0.15) is 18.9 Å². The highest BCUT2D eigenvalue weighted by Crippen LogP contribution is 2.26. The first kappa shape index (κ1) is 11.3. The molecule has 1 aromatic rings. The smallest absolute Gasteiger partial charge is 0.0450 e. The zero-order valence-corrected chi connectivity index (χ0v) is 10.4. The fraction of sp³-hybridized carbons (Fsp3) is 0.500. The van der Waals surface area contributed by atoms with Gasteiger partial charge in [-0.3, -0.25) is 0 Å². The molecule has 15 heavy (non-hydrogen) atoms. The van der Waals surface area contributed by atoms with Gasteiger partial charge >= 0.3 is 0 Å². The molecule has 1 aliphatic heterocycles. The van der Waals surface area contributed by atoms with Crippen molar-refractivity contribution in [1.82, 2.24) is 5.32 Å². The second-order valence-electron chi connectivity index (χ2n) is 3.94. The third-order valence-electron chi connectivity index (χ3n) is 2.89. The van der Waals surface area contributed by atoms with Crippen LogP contribution in [0.3, 0.4) is 0 Å². The van der Waals surface area contributed by atoms with Crippen molar-refractivity contribution in [1.29, 1.82) is 0 Å². The molecule has 2 unspecified atom stereocenters. The van der Waals surface area contributed by atoms with Crippen molar-refractivity contribution in [3.05, 3.63) is 34.9 Å². The van der Waals surface area contributed by atoms with Crippen molar-refractivity contribution >= 4 is 23.4 Å². The Morgan fingerprint density at radius 2 is 2.27 bits per heavy atom. The van der Waals surface area contributed by atoms with Crippen LogP contribution >= 0.6 is 23.4 Å². The highest BCUT2D eigenvalue weighted by Gasteiger charge is 2.23. The topological polar surface area (TPSA) is 12.0 Å². The summed E-state index contributed by atoms with van der Waals surface area (Å²) >= 11 is 8.15. The molecule has 1 aliphatic rings. The van der Waals surface area contributed by atoms with Gasteiger partial charge in [-0.15, -0.1) is 0 Å². The average molecular weight is 242 g/mol. The molecule has 82 valence electrons. The van der Waals surface area contributed by atoms with Crippen LogP contribution in [0.5, 0.6) is 0 Å². The van der Waals surface area contributed by atoms with Crippen molar-refractivity contribution in [2.24, 2.45) is 0 Å². The first-order valence-corrected chi connectivity index (χ1v) is 6.78. The molecule has 2 rings (SSSR count). The van der Waals surface area contributed by atoms with E-state index in [1.165, 1.54) is 17.7 Å². The Kier molecular flexibility index (Phi) is 3.95. The maximum atomic E-state index is 6.10. The van der Waals surface area contributed by atoms with Gasteiger partial charge in [-0.1, -0.05) is 36.7 Å². The lowest BCUT2D eigenvalue weighted by Gasteiger charge is -2.16. The van der Waals surface area contributed by atoms with E-state index in [1.807, 2.05) is 30.0 Å². The number of hydrogen-bond acceptors (Lipinski definition) is 2. The summed E-state index contributed by atoms with van der Waals surface area (Å²) in [7, 11) is 0. The predicted molar refractivity (Wildman–Crippen MR) is 68.6 cm³/mol. The molecule has 0 aromatic heterocycles. The molecule has 1 heterocycles. The number of nitrogens with one attached hydrogen (secondary N) is 1. The Bertz CT molecular complexity index is 329. The quantitative estimate of drug-likeness (QED) is 0.872. The molecule has 0 radical (unpaired) electrons. The molecule has 0 aliphatic carbocycles. The van der Waals surface area contributed by atoms with Gasteiger partial charge in [-0.05, 0) is 23.8 Å². The minimum atomic E-state index is 0.645. The van der Waals surface area contributed by atoms with E-state index in [2.05, 4.69) is 18.3 Å². The largest absolute Gasteiger partial charge is 0.309 e. The second kappa shape index (κ2) is 5.24. The number of hydrogen-bond donors (Lipinski definition) is 1. The van der Waals surface area contributed by atoms with Crippen LogP contribution in [-0.2, 0) is 6.54 Å². The Balaban J connectivity index is 1.90. The fourth-order valence-corrected chi connectivity index (χ4v) is 3.31. The summed E-state index contributed by atoms with van der Waals surface area (Å²) in [4.78, 5) is 0. The van der Waals surface area contributed by atoms with Gasteiger partial charge in [0.05, 0.1) is 0 Å². The van der Waals surface area contributed by atoms with Gasteiger partial charge in [0.2, 0.25) is 0 Å². The van der Waals surface area contributed by atoms with Crippen molar-refractivity contribution in [2.45, 2.75) is 31.2 Å². The summed E-state index contributed by atoms with van der Waals surface area (Å²) in [6.07, 6.45) is 1.27. The molecule has 1 nitrogen and oxygen atoms in total. The van der Waals surface area contributed by atoms with Crippen LogP contribution in [0.25, 0.3) is 0 Å². The Hall–Kier alpha value is -0.180. The zero-order valence-electron chi connectivity index (χ0n) is 8.87. The lowest BCUT2D eigenvalue weighted by Crippen LogP contribution is -2.32. The van der Waals surface area contributed by atoms with Gasteiger partial charge in [-0.2, -0.15) is 11.8 Å². The summed E-state index contributed by atoms with van der Waals surface area (Å²) in [6, 6.07) is 8.69. The lowest BCUT2D eigenvalue weighted by molar-refractivity contribution is 0.513. The van der Waals surface area contributed by atoms with Gasteiger partial charge in [0.1, 0.15) is 0 Å². The van der Waals surface area contributed by atoms with Gasteiger partial charge in [0, 0.05) is 22.9 Å².